The van der Waals surface area contributed by atoms with E-state index in [0.29, 0.717) is 23.2 Å². The first-order valence-electron chi connectivity index (χ1n) is 12.2. The summed E-state index contributed by atoms with van der Waals surface area (Å²) < 4.78 is 7.05. The number of carbonyl (C=O) groups is 1. The Kier molecular flexibility index (Phi) is 6.48. The number of aliphatic hydroxyl groups is 1. The molecule has 186 valence electrons. The predicted molar refractivity (Wildman–Crippen MR) is 136 cm³/mol. The number of anilines is 4. The highest BCUT2D eigenvalue weighted by Crippen LogP contribution is 2.40. The third-order valence-corrected chi connectivity index (χ3v) is 6.69. The highest BCUT2D eigenvalue weighted by Gasteiger charge is 2.29. The van der Waals surface area contributed by atoms with Crippen molar-refractivity contribution in [1.29, 1.82) is 0 Å². The number of nitrogens with zero attached hydrogens (tertiary/aromatic N) is 4. The first kappa shape index (κ1) is 23.4. The Labute approximate surface area is 204 Å². The lowest BCUT2D eigenvalue weighted by molar-refractivity contribution is 0.100. The molecular weight excluding hydrogens is 446 g/mol. The smallest absolute Gasteiger partial charge is 0.256 e. The Morgan fingerprint density at radius 1 is 1.23 bits per heavy atom. The van der Waals surface area contributed by atoms with E-state index in [4.69, 9.17) is 15.5 Å². The van der Waals surface area contributed by atoms with Gasteiger partial charge in [-0.05, 0) is 43.0 Å². The SMILES string of the molecule is CC(C)[C@@H](CO)Nc1cc(C2CC2)nc2c(C(N)=O)c(Nc3ccc(N4CCOCC4)cc3)nn12. The first-order chi connectivity index (χ1) is 16.9. The minimum absolute atomic E-state index is 0.0230. The minimum atomic E-state index is -0.596. The van der Waals surface area contributed by atoms with Crippen LogP contribution in [-0.2, 0) is 4.74 Å². The number of rotatable bonds is 9. The molecule has 1 aliphatic heterocycles. The molecule has 35 heavy (non-hydrogen) atoms. The van der Waals surface area contributed by atoms with Gasteiger partial charge in [-0.1, -0.05) is 13.8 Å². The molecule has 1 saturated carbocycles. The number of amides is 1. The molecule has 3 aromatic rings. The zero-order valence-electron chi connectivity index (χ0n) is 20.2. The van der Waals surface area contributed by atoms with Gasteiger partial charge in [0.05, 0.1) is 25.9 Å². The van der Waals surface area contributed by atoms with Crippen LogP contribution in [0, 0.1) is 5.92 Å². The van der Waals surface area contributed by atoms with Gasteiger partial charge >= 0.3 is 0 Å². The van der Waals surface area contributed by atoms with Gasteiger partial charge in [-0.25, -0.2) is 4.98 Å². The first-order valence-corrected chi connectivity index (χ1v) is 12.2. The van der Waals surface area contributed by atoms with Gasteiger partial charge in [0.1, 0.15) is 11.4 Å². The molecule has 0 bridgehead atoms. The number of aromatic nitrogens is 3. The van der Waals surface area contributed by atoms with Gasteiger partial charge in [-0.2, -0.15) is 4.52 Å². The molecule has 10 heteroatoms. The van der Waals surface area contributed by atoms with E-state index in [0.717, 1.165) is 56.2 Å². The number of aliphatic hydroxyl groups excluding tert-OH is 1. The number of primary amides is 1. The van der Waals surface area contributed by atoms with Gasteiger partial charge in [-0.15, -0.1) is 5.10 Å². The molecule has 5 rings (SSSR count). The zero-order valence-corrected chi connectivity index (χ0v) is 20.2. The van der Waals surface area contributed by atoms with Crippen LogP contribution in [0.1, 0.15) is 48.7 Å². The van der Waals surface area contributed by atoms with Crippen LogP contribution in [-0.4, -0.2) is 64.6 Å². The van der Waals surface area contributed by atoms with Crippen LogP contribution >= 0.6 is 0 Å². The molecule has 5 N–H and O–H groups in total. The molecule has 0 unspecified atom stereocenters. The largest absolute Gasteiger partial charge is 0.394 e. The maximum absolute atomic E-state index is 12.6. The van der Waals surface area contributed by atoms with Crippen LogP contribution in [0.15, 0.2) is 30.3 Å². The molecule has 10 nitrogen and oxygen atoms in total. The van der Waals surface area contributed by atoms with Crippen LogP contribution < -0.4 is 21.3 Å². The lowest BCUT2D eigenvalue weighted by Gasteiger charge is -2.28. The molecule has 2 fully saturated rings. The topological polar surface area (TPSA) is 130 Å². The number of benzene rings is 1. The number of hydrogen-bond acceptors (Lipinski definition) is 8. The second-order valence-corrected chi connectivity index (χ2v) is 9.61. The number of hydrogen-bond donors (Lipinski definition) is 4. The summed E-state index contributed by atoms with van der Waals surface area (Å²) in [4.78, 5) is 19.6. The van der Waals surface area contributed by atoms with Crippen molar-refractivity contribution in [3.8, 4) is 0 Å². The maximum Gasteiger partial charge on any atom is 0.256 e. The van der Waals surface area contributed by atoms with Crippen molar-refractivity contribution in [2.75, 3.05) is 48.4 Å². The zero-order chi connectivity index (χ0) is 24.5. The second-order valence-electron chi connectivity index (χ2n) is 9.61. The van der Waals surface area contributed by atoms with E-state index in [-0.39, 0.29) is 24.1 Å². The fourth-order valence-electron chi connectivity index (χ4n) is 4.37. The summed E-state index contributed by atoms with van der Waals surface area (Å²) >= 11 is 0. The Hall–Kier alpha value is -3.37. The summed E-state index contributed by atoms with van der Waals surface area (Å²) in [5.74, 6) is 1.00. The average molecular weight is 480 g/mol. The monoisotopic (exact) mass is 479 g/mol. The summed E-state index contributed by atoms with van der Waals surface area (Å²) in [6.45, 7) is 7.23. The van der Waals surface area contributed by atoms with Crippen molar-refractivity contribution in [3.63, 3.8) is 0 Å². The quantitative estimate of drug-likeness (QED) is 0.369. The van der Waals surface area contributed by atoms with Gasteiger partial charge in [0.2, 0.25) is 0 Å². The summed E-state index contributed by atoms with van der Waals surface area (Å²) in [5, 5.41) is 21.2. The number of ether oxygens (including phenoxy) is 1. The number of nitrogens with one attached hydrogen (secondary N) is 2. The van der Waals surface area contributed by atoms with Crippen molar-refractivity contribution < 1.29 is 14.6 Å². The molecule has 1 aromatic carbocycles. The minimum Gasteiger partial charge on any atom is -0.394 e. The van der Waals surface area contributed by atoms with E-state index in [1.165, 1.54) is 0 Å². The second kappa shape index (κ2) is 9.71. The molecule has 1 atom stereocenters. The Balaban J connectivity index is 1.51. The lowest BCUT2D eigenvalue weighted by atomic mass is 10.1. The van der Waals surface area contributed by atoms with E-state index < -0.39 is 5.91 Å². The summed E-state index contributed by atoms with van der Waals surface area (Å²) in [7, 11) is 0. The van der Waals surface area contributed by atoms with Crippen molar-refractivity contribution in [3.05, 3.63) is 41.6 Å². The van der Waals surface area contributed by atoms with Crippen LogP contribution in [0.3, 0.4) is 0 Å². The fourth-order valence-corrected chi connectivity index (χ4v) is 4.37. The summed E-state index contributed by atoms with van der Waals surface area (Å²) in [5.41, 5.74) is 9.30. The third kappa shape index (κ3) is 4.89. The van der Waals surface area contributed by atoms with Crippen LogP contribution in [0.5, 0.6) is 0 Å². The van der Waals surface area contributed by atoms with Gasteiger partial charge in [-0.3, -0.25) is 4.79 Å². The Bertz CT molecular complexity index is 1200. The van der Waals surface area contributed by atoms with Gasteiger partial charge in [0.15, 0.2) is 11.5 Å². The standard InChI is InChI=1S/C25H33N7O3/c1-15(2)20(14-33)28-21-13-19(16-3-4-16)29-25-22(23(26)34)24(30-32(21)25)27-17-5-7-18(8-6-17)31-9-11-35-12-10-31/h5-8,13,15-16,20,28,33H,3-4,9-12,14H2,1-2H3,(H2,26,34)(H,27,30)/t20-/m1/s1. The van der Waals surface area contributed by atoms with Crippen LogP contribution in [0.2, 0.25) is 0 Å². The van der Waals surface area contributed by atoms with E-state index in [1.807, 2.05) is 44.2 Å². The molecular formula is C25H33N7O3. The van der Waals surface area contributed by atoms with E-state index >= 15 is 0 Å². The summed E-state index contributed by atoms with van der Waals surface area (Å²) in [6, 6.07) is 9.80. The normalized spacial score (nSPS) is 17.1. The number of nitrogens with two attached hydrogens (primary N) is 1. The van der Waals surface area contributed by atoms with Crippen LogP contribution in [0.25, 0.3) is 5.65 Å². The van der Waals surface area contributed by atoms with E-state index in [1.54, 1.807) is 4.52 Å². The van der Waals surface area contributed by atoms with Gasteiger partial charge < -0.3 is 31.1 Å². The van der Waals surface area contributed by atoms with Gasteiger partial charge in [0.25, 0.3) is 5.91 Å². The molecule has 3 heterocycles. The summed E-state index contributed by atoms with van der Waals surface area (Å²) in [6.07, 6.45) is 2.13. The molecule has 0 radical (unpaired) electrons. The predicted octanol–water partition coefficient (Wildman–Crippen LogP) is 2.71. The van der Waals surface area contributed by atoms with Gasteiger partial charge in [0, 0.05) is 42.1 Å². The number of fused-ring (bicyclic) bond motifs is 1. The van der Waals surface area contributed by atoms with Crippen molar-refractivity contribution in [2.24, 2.45) is 11.7 Å². The van der Waals surface area contributed by atoms with Crippen LogP contribution in [0.4, 0.5) is 23.0 Å². The fraction of sp³-hybridized carbons (Fsp3) is 0.480. The highest BCUT2D eigenvalue weighted by atomic mass is 16.5. The molecule has 1 aliphatic carbocycles. The average Bonchev–Trinajstić information content (AvgIpc) is 3.64. The molecule has 2 aromatic heterocycles. The van der Waals surface area contributed by atoms with E-state index in [2.05, 4.69) is 20.6 Å². The van der Waals surface area contributed by atoms with Crippen molar-refractivity contribution in [1.82, 2.24) is 14.6 Å². The highest BCUT2D eigenvalue weighted by molar-refractivity contribution is 6.04. The van der Waals surface area contributed by atoms with Crippen molar-refractivity contribution in [2.45, 2.75) is 38.6 Å². The lowest BCUT2D eigenvalue weighted by Crippen LogP contribution is -2.36. The Morgan fingerprint density at radius 2 is 1.94 bits per heavy atom. The molecule has 1 saturated heterocycles. The van der Waals surface area contributed by atoms with Crippen molar-refractivity contribution >= 4 is 34.6 Å². The number of morpholine rings is 1. The Morgan fingerprint density at radius 3 is 2.54 bits per heavy atom. The molecule has 1 amide bonds. The molecule has 2 aliphatic rings. The number of carbonyl (C=O) groups excluding carboxylic acids is 1. The molecule has 0 spiro atoms. The van der Waals surface area contributed by atoms with E-state index in [9.17, 15) is 9.90 Å². The third-order valence-electron chi connectivity index (χ3n) is 6.69. The maximum atomic E-state index is 12.6.